The zero-order chi connectivity index (χ0) is 38.8. The predicted molar refractivity (Wildman–Crippen MR) is 240 cm³/mol. The van der Waals surface area contributed by atoms with E-state index in [1.54, 1.807) is 0 Å². The van der Waals surface area contributed by atoms with Crippen molar-refractivity contribution in [2.45, 2.75) is 57.8 Å². The lowest BCUT2D eigenvalue weighted by atomic mass is 9.70. The number of benzene rings is 8. The zero-order valence-corrected chi connectivity index (χ0v) is 33.4. The molecule has 1 aromatic heterocycles. The molecule has 0 N–H and O–H groups in total. The summed E-state index contributed by atoms with van der Waals surface area (Å²) in [5, 5.41) is 4.65. The standard InChI is InChI=1S/C55H45NO/c1-53(2,3)35-31-36(54(4,5)6)33-37(32-35)56(48-30-34-18-7-8-19-38(34)50-43-23-12-16-29-49(43)57-52(48)50)47-28-17-24-42-41-22-11-15-27-46(41)55(51(42)47)44-25-13-9-20-39(44)40-21-10-14-26-45(40)55/h7-33H,1-6H3. The van der Waals surface area contributed by atoms with Crippen molar-refractivity contribution in [2.75, 3.05) is 4.90 Å². The second-order valence-corrected chi connectivity index (χ2v) is 18.1. The number of para-hydroxylation sites is 1. The second-order valence-electron chi connectivity index (χ2n) is 18.1. The summed E-state index contributed by atoms with van der Waals surface area (Å²) in [6.07, 6.45) is 0. The third-order valence-electron chi connectivity index (χ3n) is 12.7. The molecule has 2 heteroatoms. The van der Waals surface area contributed by atoms with Gasteiger partial charge in [0.1, 0.15) is 5.58 Å². The molecule has 0 saturated carbocycles. The highest BCUT2D eigenvalue weighted by Crippen LogP contribution is 2.65. The smallest absolute Gasteiger partial charge is 0.160 e. The molecular weight excluding hydrogens is 691 g/mol. The summed E-state index contributed by atoms with van der Waals surface area (Å²) in [5.74, 6) is 0. The monoisotopic (exact) mass is 735 g/mol. The van der Waals surface area contributed by atoms with Gasteiger partial charge in [0.25, 0.3) is 0 Å². The van der Waals surface area contributed by atoms with Crippen molar-refractivity contribution in [1.82, 2.24) is 0 Å². The average molecular weight is 736 g/mol. The van der Waals surface area contributed by atoms with Crippen molar-refractivity contribution in [3.63, 3.8) is 0 Å². The molecular formula is C55H45NO. The number of rotatable bonds is 3. The highest BCUT2D eigenvalue weighted by molar-refractivity contribution is 6.23. The van der Waals surface area contributed by atoms with Gasteiger partial charge in [-0.15, -0.1) is 0 Å². The minimum atomic E-state index is -0.535. The summed E-state index contributed by atoms with van der Waals surface area (Å²) >= 11 is 0. The molecule has 0 bridgehead atoms. The fraction of sp³-hybridized carbons (Fsp3) is 0.164. The van der Waals surface area contributed by atoms with Crippen molar-refractivity contribution in [2.24, 2.45) is 0 Å². The van der Waals surface area contributed by atoms with E-state index >= 15 is 0 Å². The summed E-state index contributed by atoms with van der Waals surface area (Å²) in [6.45, 7) is 14.0. The van der Waals surface area contributed by atoms with Gasteiger partial charge >= 0.3 is 0 Å². The van der Waals surface area contributed by atoms with Crippen molar-refractivity contribution >= 4 is 49.8 Å². The minimum absolute atomic E-state index is 0.0842. The highest BCUT2D eigenvalue weighted by atomic mass is 16.3. The summed E-state index contributed by atoms with van der Waals surface area (Å²) in [4.78, 5) is 2.55. The molecule has 2 aliphatic carbocycles. The first-order chi connectivity index (χ1) is 27.5. The van der Waals surface area contributed by atoms with E-state index in [1.165, 1.54) is 66.4 Å². The Balaban J connectivity index is 1.34. The first-order valence-corrected chi connectivity index (χ1v) is 20.3. The minimum Gasteiger partial charge on any atom is -0.454 e. The van der Waals surface area contributed by atoms with Crippen LogP contribution in [0.1, 0.15) is 74.9 Å². The zero-order valence-electron chi connectivity index (χ0n) is 33.4. The molecule has 2 nitrogen and oxygen atoms in total. The Labute approximate surface area is 335 Å². The Bertz CT molecular complexity index is 3010. The van der Waals surface area contributed by atoms with Crippen LogP contribution >= 0.6 is 0 Å². The Hall–Kier alpha value is -6.38. The normalized spacial score (nSPS) is 13.9. The molecule has 1 heterocycles. The van der Waals surface area contributed by atoms with E-state index in [-0.39, 0.29) is 10.8 Å². The molecule has 57 heavy (non-hydrogen) atoms. The van der Waals surface area contributed by atoms with E-state index in [0.29, 0.717) is 0 Å². The number of fused-ring (bicyclic) bond motifs is 15. The summed E-state index contributed by atoms with van der Waals surface area (Å²) in [7, 11) is 0. The SMILES string of the molecule is CC(C)(C)c1cc(N(c2cccc3c2C2(c4ccccc4-c4ccccc42)c2ccccc2-3)c2cc3ccccc3c3c2oc2ccccc23)cc(C(C)(C)C)c1. The average Bonchev–Trinajstić information content (AvgIpc) is 3.85. The van der Waals surface area contributed by atoms with Crippen LogP contribution in [0.15, 0.2) is 168 Å². The van der Waals surface area contributed by atoms with Gasteiger partial charge in [-0.3, -0.25) is 0 Å². The number of hydrogen-bond donors (Lipinski definition) is 0. The van der Waals surface area contributed by atoms with Gasteiger partial charge in [-0.2, -0.15) is 0 Å². The summed E-state index contributed by atoms with van der Waals surface area (Å²) in [5.41, 5.74) is 17.4. The molecule has 0 saturated heterocycles. The third-order valence-corrected chi connectivity index (χ3v) is 12.7. The van der Waals surface area contributed by atoms with Gasteiger partial charge in [0.05, 0.1) is 16.8 Å². The quantitative estimate of drug-likeness (QED) is 0.180. The Morgan fingerprint density at radius 2 is 0.965 bits per heavy atom. The van der Waals surface area contributed by atoms with Crippen molar-refractivity contribution in [1.29, 1.82) is 0 Å². The van der Waals surface area contributed by atoms with Gasteiger partial charge < -0.3 is 9.32 Å². The van der Waals surface area contributed by atoms with E-state index in [1.807, 2.05) is 0 Å². The van der Waals surface area contributed by atoms with Crippen LogP contribution in [0.5, 0.6) is 0 Å². The Kier molecular flexibility index (Phi) is 7.03. The summed E-state index contributed by atoms with van der Waals surface area (Å²) in [6, 6.07) is 61.2. The molecule has 0 atom stereocenters. The van der Waals surface area contributed by atoms with Crippen LogP contribution in [0.2, 0.25) is 0 Å². The number of hydrogen-bond acceptors (Lipinski definition) is 2. The van der Waals surface area contributed by atoms with Gasteiger partial charge in [0.15, 0.2) is 5.58 Å². The molecule has 0 unspecified atom stereocenters. The van der Waals surface area contributed by atoms with E-state index < -0.39 is 5.41 Å². The maximum absolute atomic E-state index is 7.08. The largest absolute Gasteiger partial charge is 0.454 e. The van der Waals surface area contributed by atoms with Gasteiger partial charge in [-0.05, 0) is 102 Å². The van der Waals surface area contributed by atoms with Crippen LogP contribution in [0.3, 0.4) is 0 Å². The molecule has 0 radical (unpaired) electrons. The topological polar surface area (TPSA) is 16.4 Å². The number of anilines is 3. The second kappa shape index (κ2) is 11.8. The lowest BCUT2D eigenvalue weighted by molar-refractivity contribution is 0.568. The molecule has 8 aromatic carbocycles. The van der Waals surface area contributed by atoms with E-state index in [0.717, 1.165) is 39.0 Å². The fourth-order valence-electron chi connectivity index (χ4n) is 10.1. The van der Waals surface area contributed by atoms with E-state index in [2.05, 4.69) is 210 Å². The van der Waals surface area contributed by atoms with Gasteiger partial charge in [0.2, 0.25) is 0 Å². The van der Waals surface area contributed by atoms with Crippen LogP contribution in [0.4, 0.5) is 17.1 Å². The molecule has 0 fully saturated rings. The molecule has 1 spiro atoms. The predicted octanol–water partition coefficient (Wildman–Crippen LogP) is 15.1. The summed E-state index contributed by atoms with van der Waals surface area (Å²) < 4.78 is 7.08. The fourth-order valence-corrected chi connectivity index (χ4v) is 10.1. The third kappa shape index (κ3) is 4.71. The highest BCUT2D eigenvalue weighted by Gasteiger charge is 2.53. The molecule has 9 aromatic rings. The molecule has 11 rings (SSSR count). The first kappa shape index (κ1) is 33.9. The van der Waals surface area contributed by atoms with Crippen molar-refractivity contribution < 1.29 is 4.42 Å². The van der Waals surface area contributed by atoms with Crippen LogP contribution in [0.25, 0.3) is 55.0 Å². The lowest BCUT2D eigenvalue weighted by Crippen LogP contribution is -2.28. The van der Waals surface area contributed by atoms with Crippen LogP contribution in [0, 0.1) is 0 Å². The van der Waals surface area contributed by atoms with Crippen LogP contribution in [-0.4, -0.2) is 0 Å². The molecule has 0 amide bonds. The van der Waals surface area contributed by atoms with Gasteiger partial charge in [-0.1, -0.05) is 175 Å². The molecule has 276 valence electrons. The first-order valence-electron chi connectivity index (χ1n) is 20.3. The van der Waals surface area contributed by atoms with Gasteiger partial charge in [0, 0.05) is 22.0 Å². The van der Waals surface area contributed by atoms with Gasteiger partial charge in [-0.25, -0.2) is 0 Å². The maximum atomic E-state index is 7.08. The van der Waals surface area contributed by atoms with Crippen molar-refractivity contribution in [3.8, 4) is 22.3 Å². The Morgan fingerprint density at radius 3 is 1.58 bits per heavy atom. The Morgan fingerprint density at radius 1 is 0.456 bits per heavy atom. The number of nitrogens with zero attached hydrogens (tertiary/aromatic N) is 1. The van der Waals surface area contributed by atoms with E-state index in [4.69, 9.17) is 4.42 Å². The number of furan rings is 1. The molecule has 0 aliphatic heterocycles. The van der Waals surface area contributed by atoms with Crippen LogP contribution < -0.4 is 4.90 Å². The lowest BCUT2D eigenvalue weighted by Gasteiger charge is -2.37. The maximum Gasteiger partial charge on any atom is 0.160 e. The van der Waals surface area contributed by atoms with Crippen LogP contribution in [-0.2, 0) is 16.2 Å². The molecule has 2 aliphatic rings. The van der Waals surface area contributed by atoms with Crippen molar-refractivity contribution in [3.05, 3.63) is 197 Å². The van der Waals surface area contributed by atoms with E-state index in [9.17, 15) is 0 Å².